The molecule has 5 nitrogen and oxygen atoms in total. The molecule has 1 fully saturated rings. The number of hydrogen-bond donors (Lipinski definition) is 3. The Kier molecular flexibility index (Phi) is 4.04. The van der Waals surface area contributed by atoms with Crippen molar-refractivity contribution in [1.29, 1.82) is 0 Å². The van der Waals surface area contributed by atoms with Crippen LogP contribution < -0.4 is 10.6 Å². The van der Waals surface area contributed by atoms with Crippen LogP contribution in [-0.4, -0.2) is 33.6 Å². The van der Waals surface area contributed by atoms with Gasteiger partial charge in [-0.1, -0.05) is 0 Å². The summed E-state index contributed by atoms with van der Waals surface area (Å²) in [5.41, 5.74) is 0.889. The number of nitrogens with one attached hydrogen (secondary N) is 3. The van der Waals surface area contributed by atoms with Gasteiger partial charge in [0, 0.05) is 24.8 Å². The molecule has 0 bridgehead atoms. The van der Waals surface area contributed by atoms with E-state index in [2.05, 4.69) is 32.5 Å². The van der Waals surface area contributed by atoms with Crippen LogP contribution in [0.5, 0.6) is 0 Å². The number of anilines is 1. The molecule has 0 aliphatic carbocycles. The van der Waals surface area contributed by atoms with Gasteiger partial charge < -0.3 is 15.6 Å². The van der Waals surface area contributed by atoms with Crippen molar-refractivity contribution in [1.82, 2.24) is 20.3 Å². The van der Waals surface area contributed by atoms with Gasteiger partial charge >= 0.3 is 0 Å². The van der Waals surface area contributed by atoms with Gasteiger partial charge in [-0.25, -0.2) is 9.97 Å². The second-order valence-corrected chi connectivity index (χ2v) is 4.69. The molecule has 3 rings (SSSR count). The predicted molar refractivity (Wildman–Crippen MR) is 75.2 cm³/mol. The highest BCUT2D eigenvalue weighted by Crippen LogP contribution is 2.20. The largest absolute Gasteiger partial charge is 0.365 e. The maximum absolute atomic E-state index is 4.32. The molecular weight excluding hydrogens is 250 g/mol. The Balaban J connectivity index is 0.00000120. The summed E-state index contributed by atoms with van der Waals surface area (Å²) >= 11 is 0. The Labute approximate surface area is 112 Å². The van der Waals surface area contributed by atoms with E-state index in [1.54, 1.807) is 6.33 Å². The molecule has 0 saturated carbocycles. The minimum atomic E-state index is 0. The Morgan fingerprint density at radius 2 is 2.22 bits per heavy atom. The molecule has 2 aromatic rings. The zero-order chi connectivity index (χ0) is 11.7. The zero-order valence-corrected chi connectivity index (χ0v) is 11.1. The molecule has 0 spiro atoms. The molecule has 2 unspecified atom stereocenters. The van der Waals surface area contributed by atoms with Crippen LogP contribution in [-0.2, 0) is 0 Å². The molecule has 18 heavy (non-hydrogen) atoms. The number of piperidine rings is 1. The van der Waals surface area contributed by atoms with Gasteiger partial charge in [0.1, 0.15) is 17.8 Å². The first-order valence-corrected chi connectivity index (χ1v) is 6.11. The second kappa shape index (κ2) is 5.54. The van der Waals surface area contributed by atoms with Gasteiger partial charge in [0.2, 0.25) is 0 Å². The summed E-state index contributed by atoms with van der Waals surface area (Å²) in [6.45, 7) is 3.22. The maximum Gasteiger partial charge on any atom is 0.142 e. The van der Waals surface area contributed by atoms with E-state index in [-0.39, 0.29) is 12.4 Å². The first-order chi connectivity index (χ1) is 8.33. The Morgan fingerprint density at radius 1 is 1.33 bits per heavy atom. The third-order valence-corrected chi connectivity index (χ3v) is 3.36. The fraction of sp³-hybridized carbons (Fsp3) is 0.500. The van der Waals surface area contributed by atoms with Crippen molar-refractivity contribution < 1.29 is 0 Å². The van der Waals surface area contributed by atoms with Crippen LogP contribution >= 0.6 is 12.4 Å². The first-order valence-electron chi connectivity index (χ1n) is 6.11. The van der Waals surface area contributed by atoms with Crippen LogP contribution in [0.15, 0.2) is 18.6 Å². The van der Waals surface area contributed by atoms with Crippen LogP contribution in [0.2, 0.25) is 0 Å². The molecule has 2 atom stereocenters. The van der Waals surface area contributed by atoms with Crippen molar-refractivity contribution in [3.63, 3.8) is 0 Å². The van der Waals surface area contributed by atoms with E-state index in [9.17, 15) is 0 Å². The fourth-order valence-electron chi connectivity index (χ4n) is 2.30. The van der Waals surface area contributed by atoms with Gasteiger partial charge in [-0.3, -0.25) is 0 Å². The molecule has 98 valence electrons. The zero-order valence-electron chi connectivity index (χ0n) is 10.3. The van der Waals surface area contributed by atoms with E-state index in [0.29, 0.717) is 12.1 Å². The van der Waals surface area contributed by atoms with E-state index in [1.807, 2.05) is 12.3 Å². The van der Waals surface area contributed by atoms with Crippen molar-refractivity contribution >= 4 is 29.3 Å². The predicted octanol–water partition coefficient (Wildman–Crippen LogP) is 1.93. The van der Waals surface area contributed by atoms with Crippen LogP contribution in [0.1, 0.15) is 19.8 Å². The van der Waals surface area contributed by atoms with Gasteiger partial charge in [0.05, 0.1) is 5.39 Å². The summed E-state index contributed by atoms with van der Waals surface area (Å²) in [4.78, 5) is 11.6. The SMILES string of the molecule is CC1CCC(Nc2ncnc3[nH]ccc23)CN1.Cl. The number of fused-ring (bicyclic) bond motifs is 1. The molecule has 3 heterocycles. The molecule has 1 saturated heterocycles. The van der Waals surface area contributed by atoms with Crippen molar-refractivity contribution in [2.75, 3.05) is 11.9 Å². The lowest BCUT2D eigenvalue weighted by atomic mass is 10.0. The van der Waals surface area contributed by atoms with E-state index in [4.69, 9.17) is 0 Å². The summed E-state index contributed by atoms with van der Waals surface area (Å²) in [7, 11) is 0. The molecular formula is C12H18ClN5. The summed E-state index contributed by atoms with van der Waals surface area (Å²) in [5, 5.41) is 8.04. The van der Waals surface area contributed by atoms with Gasteiger partial charge in [-0.15, -0.1) is 12.4 Å². The number of hydrogen-bond acceptors (Lipinski definition) is 4. The molecule has 2 aromatic heterocycles. The maximum atomic E-state index is 4.32. The number of nitrogens with zero attached hydrogens (tertiary/aromatic N) is 2. The Morgan fingerprint density at radius 3 is 3.00 bits per heavy atom. The molecule has 1 aliphatic heterocycles. The van der Waals surface area contributed by atoms with Crippen molar-refractivity contribution in [3.8, 4) is 0 Å². The van der Waals surface area contributed by atoms with E-state index >= 15 is 0 Å². The Hall–Kier alpha value is -1.33. The number of halogens is 1. The average Bonchev–Trinajstić information content (AvgIpc) is 2.81. The van der Waals surface area contributed by atoms with Gasteiger partial charge in [0.15, 0.2) is 0 Å². The monoisotopic (exact) mass is 267 g/mol. The number of rotatable bonds is 2. The quantitative estimate of drug-likeness (QED) is 0.778. The van der Waals surface area contributed by atoms with E-state index in [0.717, 1.165) is 23.4 Å². The highest BCUT2D eigenvalue weighted by Gasteiger charge is 2.18. The van der Waals surface area contributed by atoms with Crippen LogP contribution in [0.4, 0.5) is 5.82 Å². The number of aromatic nitrogens is 3. The minimum absolute atomic E-state index is 0. The van der Waals surface area contributed by atoms with E-state index < -0.39 is 0 Å². The lowest BCUT2D eigenvalue weighted by Crippen LogP contribution is -2.43. The first kappa shape index (κ1) is 13.1. The molecule has 0 amide bonds. The average molecular weight is 268 g/mol. The third-order valence-electron chi connectivity index (χ3n) is 3.36. The third kappa shape index (κ3) is 2.57. The van der Waals surface area contributed by atoms with Gasteiger partial charge in [-0.05, 0) is 25.8 Å². The topological polar surface area (TPSA) is 65.6 Å². The van der Waals surface area contributed by atoms with Gasteiger partial charge in [-0.2, -0.15) is 0 Å². The minimum Gasteiger partial charge on any atom is -0.365 e. The van der Waals surface area contributed by atoms with Crippen LogP contribution in [0.25, 0.3) is 11.0 Å². The van der Waals surface area contributed by atoms with Crippen LogP contribution in [0.3, 0.4) is 0 Å². The number of aromatic amines is 1. The molecule has 6 heteroatoms. The molecule has 0 aromatic carbocycles. The number of H-pyrrole nitrogens is 1. The second-order valence-electron chi connectivity index (χ2n) is 4.69. The highest BCUT2D eigenvalue weighted by molar-refractivity contribution is 5.86. The van der Waals surface area contributed by atoms with Crippen molar-refractivity contribution in [2.45, 2.75) is 31.8 Å². The Bertz CT molecular complexity index is 504. The van der Waals surface area contributed by atoms with Crippen LogP contribution in [0, 0.1) is 0 Å². The standard InChI is InChI=1S/C12H17N5.ClH/c1-8-2-3-9(6-14-8)17-12-10-4-5-13-11(10)15-7-16-12;/h4-5,7-9,14H,2-3,6H2,1H3,(H2,13,15,16,17);1H. The molecule has 3 N–H and O–H groups in total. The molecule has 1 aliphatic rings. The summed E-state index contributed by atoms with van der Waals surface area (Å²) < 4.78 is 0. The van der Waals surface area contributed by atoms with Gasteiger partial charge in [0.25, 0.3) is 0 Å². The van der Waals surface area contributed by atoms with Crippen molar-refractivity contribution in [2.24, 2.45) is 0 Å². The smallest absolute Gasteiger partial charge is 0.142 e. The van der Waals surface area contributed by atoms with E-state index in [1.165, 1.54) is 12.8 Å². The highest BCUT2D eigenvalue weighted by atomic mass is 35.5. The lowest BCUT2D eigenvalue weighted by molar-refractivity contribution is 0.398. The van der Waals surface area contributed by atoms with Crippen molar-refractivity contribution in [3.05, 3.63) is 18.6 Å². The summed E-state index contributed by atoms with van der Waals surface area (Å²) in [5.74, 6) is 0.928. The molecule has 0 radical (unpaired) electrons. The lowest BCUT2D eigenvalue weighted by Gasteiger charge is -2.28. The fourth-order valence-corrected chi connectivity index (χ4v) is 2.30. The summed E-state index contributed by atoms with van der Waals surface area (Å²) in [6, 6.07) is 3.10. The normalized spacial score (nSPS) is 23.6. The summed E-state index contributed by atoms with van der Waals surface area (Å²) in [6.07, 6.45) is 5.88.